The summed E-state index contributed by atoms with van der Waals surface area (Å²) < 4.78 is 0. The Bertz CT molecular complexity index is 272. The molecule has 0 aliphatic rings. The van der Waals surface area contributed by atoms with Crippen LogP contribution < -0.4 is 17.7 Å². The Labute approximate surface area is 99.7 Å². The fraction of sp³-hybridized carbons (Fsp3) is 0.538. The zero-order valence-corrected chi connectivity index (χ0v) is 10.9. The molecule has 86 valence electrons. The van der Waals surface area contributed by atoms with Gasteiger partial charge in [-0.15, -0.1) is 0 Å². The first-order valence-corrected chi connectivity index (χ1v) is 5.34. The molecule has 1 rings (SSSR count). The summed E-state index contributed by atoms with van der Waals surface area (Å²) in [5, 5.41) is 3.48. The summed E-state index contributed by atoms with van der Waals surface area (Å²) in [4.78, 5) is 0. The van der Waals surface area contributed by atoms with Crippen LogP contribution in [0.2, 0.25) is 0 Å². The smallest absolute Gasteiger partial charge is 0.0210 e. The standard InChI is InChI=1S/C13H21N.ClH/c1-5-11-6-8-12(9-7-11)10-14-13(2,3)4;/h6-9,14H,5,10H2,1-4H3;1H/p-1. The van der Waals surface area contributed by atoms with Crippen LogP contribution in [0.1, 0.15) is 38.8 Å². The fourth-order valence-corrected chi connectivity index (χ4v) is 1.26. The van der Waals surface area contributed by atoms with Gasteiger partial charge in [0.25, 0.3) is 0 Å². The highest BCUT2D eigenvalue weighted by molar-refractivity contribution is 5.22. The Kier molecular flexibility index (Phi) is 5.92. The van der Waals surface area contributed by atoms with Gasteiger partial charge in [-0.1, -0.05) is 31.2 Å². The van der Waals surface area contributed by atoms with Crippen LogP contribution >= 0.6 is 0 Å². The first kappa shape index (κ1) is 14.5. The van der Waals surface area contributed by atoms with E-state index in [4.69, 9.17) is 0 Å². The molecule has 0 aromatic heterocycles. The third kappa shape index (κ3) is 5.81. The van der Waals surface area contributed by atoms with E-state index >= 15 is 0 Å². The highest BCUT2D eigenvalue weighted by Gasteiger charge is 2.07. The van der Waals surface area contributed by atoms with Gasteiger partial charge in [0.2, 0.25) is 0 Å². The van der Waals surface area contributed by atoms with Crippen LogP contribution in [-0.2, 0) is 13.0 Å². The van der Waals surface area contributed by atoms with Gasteiger partial charge in [-0.05, 0) is 38.3 Å². The van der Waals surface area contributed by atoms with E-state index in [0.29, 0.717) is 0 Å². The predicted molar refractivity (Wildman–Crippen MR) is 62.4 cm³/mol. The highest BCUT2D eigenvalue weighted by Crippen LogP contribution is 2.07. The molecule has 0 unspecified atom stereocenters. The van der Waals surface area contributed by atoms with Crippen molar-refractivity contribution in [2.45, 2.75) is 46.2 Å². The molecule has 15 heavy (non-hydrogen) atoms. The maximum absolute atomic E-state index is 3.48. The molecule has 0 spiro atoms. The van der Waals surface area contributed by atoms with Gasteiger partial charge >= 0.3 is 0 Å². The molecule has 0 aliphatic heterocycles. The Morgan fingerprint density at radius 1 is 1.00 bits per heavy atom. The first-order chi connectivity index (χ1) is 6.51. The summed E-state index contributed by atoms with van der Waals surface area (Å²) >= 11 is 0. The lowest BCUT2D eigenvalue weighted by atomic mass is 10.1. The summed E-state index contributed by atoms with van der Waals surface area (Å²) in [6.07, 6.45) is 1.12. The minimum Gasteiger partial charge on any atom is -1.00 e. The van der Waals surface area contributed by atoms with Gasteiger partial charge in [-0.3, -0.25) is 0 Å². The lowest BCUT2D eigenvalue weighted by Crippen LogP contribution is -3.00. The molecule has 1 nitrogen and oxygen atoms in total. The van der Waals surface area contributed by atoms with Gasteiger partial charge in [-0.25, -0.2) is 0 Å². The van der Waals surface area contributed by atoms with Crippen molar-refractivity contribution in [3.63, 3.8) is 0 Å². The summed E-state index contributed by atoms with van der Waals surface area (Å²) in [5.41, 5.74) is 2.96. The van der Waals surface area contributed by atoms with Crippen LogP contribution in [0.25, 0.3) is 0 Å². The average Bonchev–Trinajstić information content (AvgIpc) is 2.14. The number of halogens is 1. The second-order valence-corrected chi connectivity index (χ2v) is 4.77. The number of benzene rings is 1. The van der Waals surface area contributed by atoms with Gasteiger partial charge in [0.1, 0.15) is 0 Å². The molecular formula is C13H21ClN-. The molecule has 1 aromatic rings. The monoisotopic (exact) mass is 226 g/mol. The summed E-state index contributed by atoms with van der Waals surface area (Å²) in [6, 6.07) is 8.83. The van der Waals surface area contributed by atoms with Crippen LogP contribution in [0.3, 0.4) is 0 Å². The van der Waals surface area contributed by atoms with Crippen molar-refractivity contribution >= 4 is 0 Å². The van der Waals surface area contributed by atoms with Crippen LogP contribution in [0, 0.1) is 0 Å². The number of hydrogen-bond acceptors (Lipinski definition) is 1. The van der Waals surface area contributed by atoms with Gasteiger partial charge in [0, 0.05) is 12.1 Å². The minimum absolute atomic E-state index is 0. The molecule has 0 aliphatic carbocycles. The van der Waals surface area contributed by atoms with Crippen molar-refractivity contribution in [3.8, 4) is 0 Å². The molecular weight excluding hydrogens is 206 g/mol. The Morgan fingerprint density at radius 3 is 1.87 bits per heavy atom. The van der Waals surface area contributed by atoms with E-state index in [1.54, 1.807) is 0 Å². The zero-order chi connectivity index (χ0) is 10.6. The Morgan fingerprint density at radius 2 is 1.47 bits per heavy atom. The molecule has 0 fully saturated rings. The van der Waals surface area contributed by atoms with Crippen LogP contribution in [0.5, 0.6) is 0 Å². The van der Waals surface area contributed by atoms with E-state index in [1.807, 2.05) is 0 Å². The second-order valence-electron chi connectivity index (χ2n) is 4.77. The molecule has 0 bridgehead atoms. The topological polar surface area (TPSA) is 12.0 Å². The molecule has 0 saturated heterocycles. The molecule has 0 radical (unpaired) electrons. The number of nitrogens with one attached hydrogen (secondary N) is 1. The maximum Gasteiger partial charge on any atom is 0.0210 e. The quantitative estimate of drug-likeness (QED) is 0.774. The number of aryl methyl sites for hydroxylation is 1. The van der Waals surface area contributed by atoms with Crippen molar-refractivity contribution in [2.75, 3.05) is 0 Å². The molecule has 2 heteroatoms. The fourth-order valence-electron chi connectivity index (χ4n) is 1.26. The lowest BCUT2D eigenvalue weighted by molar-refractivity contribution is -0.00000374. The molecule has 1 aromatic carbocycles. The van der Waals surface area contributed by atoms with Gasteiger partial charge in [-0.2, -0.15) is 0 Å². The van der Waals surface area contributed by atoms with Crippen LogP contribution in [0.4, 0.5) is 0 Å². The van der Waals surface area contributed by atoms with E-state index in [2.05, 4.69) is 57.3 Å². The van der Waals surface area contributed by atoms with Crippen molar-refractivity contribution in [2.24, 2.45) is 0 Å². The normalized spacial score (nSPS) is 10.9. The van der Waals surface area contributed by atoms with Crippen molar-refractivity contribution in [1.82, 2.24) is 5.32 Å². The second kappa shape index (κ2) is 6.14. The van der Waals surface area contributed by atoms with Crippen molar-refractivity contribution in [3.05, 3.63) is 35.4 Å². The minimum atomic E-state index is 0. The number of rotatable bonds is 3. The lowest BCUT2D eigenvalue weighted by Gasteiger charge is -2.20. The molecule has 0 atom stereocenters. The number of hydrogen-bond donors (Lipinski definition) is 1. The predicted octanol–water partition coefficient (Wildman–Crippen LogP) is 0.141. The van der Waals surface area contributed by atoms with E-state index < -0.39 is 0 Å². The molecule has 0 amide bonds. The summed E-state index contributed by atoms with van der Waals surface area (Å²) in [5.74, 6) is 0. The average molecular weight is 227 g/mol. The van der Waals surface area contributed by atoms with Gasteiger partial charge < -0.3 is 17.7 Å². The third-order valence-corrected chi connectivity index (χ3v) is 2.25. The first-order valence-electron chi connectivity index (χ1n) is 5.34. The molecule has 1 N–H and O–H groups in total. The van der Waals surface area contributed by atoms with Gasteiger partial charge in [0.05, 0.1) is 0 Å². The van der Waals surface area contributed by atoms with Crippen molar-refractivity contribution in [1.29, 1.82) is 0 Å². The van der Waals surface area contributed by atoms with Gasteiger partial charge in [0.15, 0.2) is 0 Å². The SMILES string of the molecule is CCc1ccc(CNC(C)(C)C)cc1.[Cl-]. The Balaban J connectivity index is 0.00000196. The van der Waals surface area contributed by atoms with Crippen LogP contribution in [-0.4, -0.2) is 5.54 Å². The van der Waals surface area contributed by atoms with E-state index in [-0.39, 0.29) is 17.9 Å². The van der Waals surface area contributed by atoms with E-state index in [0.717, 1.165) is 13.0 Å². The molecule has 0 heterocycles. The van der Waals surface area contributed by atoms with E-state index in [1.165, 1.54) is 11.1 Å². The summed E-state index contributed by atoms with van der Waals surface area (Å²) in [6.45, 7) is 9.70. The largest absolute Gasteiger partial charge is 1.00 e. The summed E-state index contributed by atoms with van der Waals surface area (Å²) in [7, 11) is 0. The maximum atomic E-state index is 3.48. The highest BCUT2D eigenvalue weighted by atomic mass is 35.5. The Hall–Kier alpha value is -0.530. The molecule has 0 saturated carbocycles. The zero-order valence-electron chi connectivity index (χ0n) is 10.1. The van der Waals surface area contributed by atoms with Crippen molar-refractivity contribution < 1.29 is 12.4 Å². The van der Waals surface area contributed by atoms with E-state index in [9.17, 15) is 0 Å². The van der Waals surface area contributed by atoms with Crippen LogP contribution in [0.15, 0.2) is 24.3 Å². The third-order valence-electron chi connectivity index (χ3n) is 2.25.